The maximum absolute atomic E-state index is 14.2. The number of hydrogen-bond donors (Lipinski definition) is 1. The molecular weight excluding hydrogens is 458 g/mol. The van der Waals surface area contributed by atoms with Gasteiger partial charge in [0.1, 0.15) is 11.6 Å². The number of benzene rings is 1. The molecule has 3 unspecified atom stereocenters. The van der Waals surface area contributed by atoms with Gasteiger partial charge < -0.3 is 24.5 Å². The summed E-state index contributed by atoms with van der Waals surface area (Å²) >= 11 is 0. The predicted octanol–water partition coefficient (Wildman–Crippen LogP) is 1.85. The summed E-state index contributed by atoms with van der Waals surface area (Å²) in [7, 11) is 1.69. The highest BCUT2D eigenvalue weighted by Gasteiger charge is 2.80. The first-order valence-corrected chi connectivity index (χ1v) is 12.6. The van der Waals surface area contributed by atoms with Crippen LogP contribution in [0, 0.1) is 17.8 Å². The van der Waals surface area contributed by atoms with Crippen molar-refractivity contribution in [2.45, 2.75) is 44.1 Å². The molecule has 1 N–H and O–H groups in total. The second-order valence-corrected chi connectivity index (χ2v) is 10.5. The van der Waals surface area contributed by atoms with Gasteiger partial charge in [0.2, 0.25) is 17.7 Å². The van der Waals surface area contributed by atoms with Crippen LogP contribution in [0.5, 0.6) is 0 Å². The predicted molar refractivity (Wildman–Crippen MR) is 135 cm³/mol. The molecular formula is C28H37N3O5. The van der Waals surface area contributed by atoms with Gasteiger partial charge in [0.25, 0.3) is 0 Å². The lowest BCUT2D eigenvalue weighted by Crippen LogP contribution is -2.57. The molecule has 0 aromatic heterocycles. The number of ether oxygens (including phenoxy) is 1. The molecule has 1 spiro atoms. The van der Waals surface area contributed by atoms with Crippen molar-refractivity contribution in [2.75, 3.05) is 33.3 Å². The zero-order chi connectivity index (χ0) is 26.3. The van der Waals surface area contributed by atoms with Gasteiger partial charge in [-0.1, -0.05) is 49.4 Å². The highest BCUT2D eigenvalue weighted by atomic mass is 16.5. The van der Waals surface area contributed by atoms with E-state index in [-0.39, 0.29) is 36.8 Å². The molecule has 6 atom stereocenters. The van der Waals surface area contributed by atoms with Gasteiger partial charge >= 0.3 is 0 Å². The van der Waals surface area contributed by atoms with Gasteiger partial charge in [0.05, 0.1) is 24.0 Å². The minimum Gasteiger partial charge on any atom is -0.395 e. The molecule has 194 valence electrons. The molecule has 3 saturated heterocycles. The van der Waals surface area contributed by atoms with Crippen molar-refractivity contribution in [2.24, 2.45) is 17.8 Å². The Morgan fingerprint density at radius 2 is 1.86 bits per heavy atom. The zero-order valence-electron chi connectivity index (χ0n) is 21.4. The summed E-state index contributed by atoms with van der Waals surface area (Å²) in [6.45, 7) is 12.2. The maximum atomic E-state index is 14.2. The molecule has 3 amide bonds. The highest BCUT2D eigenvalue weighted by molar-refractivity contribution is 5.99. The molecule has 2 bridgehead atoms. The number of hydrogen-bond acceptors (Lipinski definition) is 5. The smallest absolute Gasteiger partial charge is 0.248 e. The van der Waals surface area contributed by atoms with E-state index in [1.807, 2.05) is 44.2 Å². The third kappa shape index (κ3) is 3.87. The maximum Gasteiger partial charge on any atom is 0.248 e. The van der Waals surface area contributed by atoms with E-state index in [0.717, 1.165) is 5.56 Å². The van der Waals surface area contributed by atoms with Crippen LogP contribution in [0.2, 0.25) is 0 Å². The lowest BCUT2D eigenvalue weighted by Gasteiger charge is -2.38. The van der Waals surface area contributed by atoms with Crippen LogP contribution < -0.4 is 0 Å². The Kier molecular flexibility index (Phi) is 7.12. The van der Waals surface area contributed by atoms with Gasteiger partial charge in [0, 0.05) is 33.2 Å². The van der Waals surface area contributed by atoms with Gasteiger partial charge in [0.15, 0.2) is 0 Å². The number of nitrogens with zero attached hydrogens (tertiary/aromatic N) is 3. The van der Waals surface area contributed by atoms with E-state index in [2.05, 4.69) is 13.2 Å². The fourth-order valence-electron chi connectivity index (χ4n) is 6.63. The Bertz CT molecular complexity index is 1040. The van der Waals surface area contributed by atoms with E-state index in [4.69, 9.17) is 4.74 Å². The molecule has 1 aromatic rings. The molecule has 1 aromatic carbocycles. The van der Waals surface area contributed by atoms with Crippen LogP contribution in [-0.2, 0) is 25.7 Å². The summed E-state index contributed by atoms with van der Waals surface area (Å²) in [6.07, 6.45) is 3.79. The van der Waals surface area contributed by atoms with Crippen molar-refractivity contribution >= 4 is 17.7 Å². The van der Waals surface area contributed by atoms with Gasteiger partial charge in [-0.2, -0.15) is 0 Å². The number of fused-ring (bicyclic) bond motifs is 1. The van der Waals surface area contributed by atoms with Crippen molar-refractivity contribution < 1.29 is 24.2 Å². The molecule has 36 heavy (non-hydrogen) atoms. The van der Waals surface area contributed by atoms with Gasteiger partial charge in [-0.25, -0.2) is 0 Å². The summed E-state index contributed by atoms with van der Waals surface area (Å²) in [5.74, 6) is -2.30. The fourth-order valence-corrected chi connectivity index (χ4v) is 6.63. The van der Waals surface area contributed by atoms with E-state index < -0.39 is 29.1 Å². The van der Waals surface area contributed by atoms with Crippen molar-refractivity contribution in [1.82, 2.24) is 14.7 Å². The van der Waals surface area contributed by atoms with Crippen LogP contribution in [0.15, 0.2) is 55.6 Å². The second kappa shape index (κ2) is 9.82. The minimum atomic E-state index is -1.14. The molecule has 0 aliphatic carbocycles. The molecule has 8 heteroatoms. The van der Waals surface area contributed by atoms with Crippen LogP contribution >= 0.6 is 0 Å². The van der Waals surface area contributed by atoms with Crippen molar-refractivity contribution in [3.63, 3.8) is 0 Å². The largest absolute Gasteiger partial charge is 0.395 e. The summed E-state index contributed by atoms with van der Waals surface area (Å²) in [5, 5.41) is 9.83. The van der Waals surface area contributed by atoms with Gasteiger partial charge in [-0.05, 0) is 24.8 Å². The number of amides is 3. The number of likely N-dealkylation sites (N-methyl/N-ethyl adjacent to an activating group) is 1. The molecule has 3 fully saturated rings. The lowest BCUT2D eigenvalue weighted by atomic mass is 9.62. The summed E-state index contributed by atoms with van der Waals surface area (Å²) in [4.78, 5) is 46.5. The Morgan fingerprint density at radius 1 is 1.19 bits per heavy atom. The molecule has 3 aliphatic rings. The summed E-state index contributed by atoms with van der Waals surface area (Å²) in [6, 6.07) is 8.70. The third-order valence-electron chi connectivity index (χ3n) is 8.31. The van der Waals surface area contributed by atoms with Crippen LogP contribution in [0.1, 0.15) is 25.8 Å². The average Bonchev–Trinajstić information content (AvgIpc) is 3.36. The van der Waals surface area contributed by atoms with Crippen molar-refractivity contribution in [1.29, 1.82) is 0 Å². The number of likely N-dealkylation sites (tertiary alicyclic amines) is 1. The number of aliphatic hydroxyl groups is 1. The SMILES string of the molecule is C=CCN(C)C(=O)[C@@H]1[C@H]2C(=O)N(CCO)C(C(=O)N(CC=C)Cc3ccccc3)C23CC(C)[C@@]1(C)O3. The third-order valence-corrected chi connectivity index (χ3v) is 8.31. The minimum absolute atomic E-state index is 0.00137. The number of carbonyl (C=O) groups excluding carboxylic acids is 3. The normalized spacial score (nSPS) is 32.3. The van der Waals surface area contributed by atoms with Crippen LogP contribution in [-0.4, -0.2) is 88.1 Å². The van der Waals surface area contributed by atoms with Crippen LogP contribution in [0.3, 0.4) is 0 Å². The molecule has 0 saturated carbocycles. The van der Waals surface area contributed by atoms with Crippen molar-refractivity contribution in [3.8, 4) is 0 Å². The summed E-state index contributed by atoms with van der Waals surface area (Å²) < 4.78 is 6.71. The average molecular weight is 496 g/mol. The van der Waals surface area contributed by atoms with Crippen LogP contribution in [0.4, 0.5) is 0 Å². The first-order valence-electron chi connectivity index (χ1n) is 12.6. The van der Waals surface area contributed by atoms with E-state index in [0.29, 0.717) is 26.1 Å². The Labute approximate surface area is 213 Å². The Hall–Kier alpha value is -2.97. The standard InChI is InChI=1S/C28H37N3O5/c1-6-13-29(5)24(33)21-22-25(34)31(15-16-32)23(28(22)17-19(3)27(21,4)36-28)26(35)30(14-7-2)18-20-11-9-8-10-12-20/h6-12,19,21-23,32H,1-2,13-18H2,3-5H3/t19?,21-,22-,23?,27+,28?/m0/s1. The fraction of sp³-hybridized carbons (Fsp3) is 0.536. The second-order valence-electron chi connectivity index (χ2n) is 10.5. The number of aliphatic hydroxyl groups excluding tert-OH is 1. The zero-order valence-corrected chi connectivity index (χ0v) is 21.4. The van der Waals surface area contributed by atoms with Gasteiger partial charge in [-0.15, -0.1) is 13.2 Å². The van der Waals surface area contributed by atoms with E-state index in [1.54, 1.807) is 29.0 Å². The molecule has 0 radical (unpaired) electrons. The summed E-state index contributed by atoms with van der Waals surface area (Å²) in [5.41, 5.74) is -1.06. The van der Waals surface area contributed by atoms with Crippen molar-refractivity contribution in [3.05, 3.63) is 61.2 Å². The topological polar surface area (TPSA) is 90.4 Å². The number of rotatable bonds is 10. The van der Waals surface area contributed by atoms with E-state index >= 15 is 0 Å². The molecule has 4 rings (SSSR count). The molecule has 8 nitrogen and oxygen atoms in total. The molecule has 3 aliphatic heterocycles. The van der Waals surface area contributed by atoms with E-state index in [9.17, 15) is 19.5 Å². The first kappa shape index (κ1) is 26.1. The monoisotopic (exact) mass is 495 g/mol. The van der Waals surface area contributed by atoms with Gasteiger partial charge in [-0.3, -0.25) is 14.4 Å². The van der Waals surface area contributed by atoms with Crippen LogP contribution in [0.25, 0.3) is 0 Å². The number of carbonyl (C=O) groups is 3. The lowest BCUT2D eigenvalue weighted by molar-refractivity contribution is -0.155. The first-order chi connectivity index (χ1) is 17.2. The molecule has 3 heterocycles. The number of β-amino-alcohol motifs (C(OH)–C–C–N with tert-alkyl or cyclic N) is 1. The quantitative estimate of drug-likeness (QED) is 0.501. The Balaban J connectivity index is 1.77. The Morgan fingerprint density at radius 3 is 2.47 bits per heavy atom. The van der Waals surface area contributed by atoms with E-state index in [1.165, 1.54) is 4.90 Å². The highest BCUT2D eigenvalue weighted by Crippen LogP contribution is 2.65.